The second-order valence-corrected chi connectivity index (χ2v) is 8.24. The van der Waals surface area contributed by atoms with Gasteiger partial charge in [0.25, 0.3) is 5.91 Å². The first-order valence-electron chi connectivity index (χ1n) is 9.32. The molecule has 2 aromatic carbocycles. The van der Waals surface area contributed by atoms with Gasteiger partial charge < -0.3 is 15.4 Å². The molecule has 6 heteroatoms. The SMILES string of the molecule is O=C(Nc1cccc(Cl)c1)c1ccc(-c2ccc(OC3CCNCC3)cc2)s1. The molecule has 1 amide bonds. The number of halogens is 1. The van der Waals surface area contributed by atoms with E-state index >= 15 is 0 Å². The summed E-state index contributed by atoms with van der Waals surface area (Å²) < 4.78 is 6.05. The highest BCUT2D eigenvalue weighted by Crippen LogP contribution is 2.30. The Morgan fingerprint density at radius 1 is 1.07 bits per heavy atom. The molecule has 3 aromatic rings. The van der Waals surface area contributed by atoms with Gasteiger partial charge in [0.1, 0.15) is 11.9 Å². The number of hydrogen-bond donors (Lipinski definition) is 2. The number of hydrogen-bond acceptors (Lipinski definition) is 4. The Kier molecular flexibility index (Phi) is 5.95. The lowest BCUT2D eigenvalue weighted by molar-refractivity contribution is 0.103. The summed E-state index contributed by atoms with van der Waals surface area (Å²) in [5.41, 5.74) is 1.76. The Labute approximate surface area is 173 Å². The van der Waals surface area contributed by atoms with Gasteiger partial charge in [0.2, 0.25) is 0 Å². The molecule has 4 rings (SSSR count). The van der Waals surface area contributed by atoms with Gasteiger partial charge in [0, 0.05) is 15.6 Å². The highest BCUT2D eigenvalue weighted by molar-refractivity contribution is 7.17. The molecule has 0 radical (unpaired) electrons. The van der Waals surface area contributed by atoms with E-state index in [1.807, 2.05) is 48.5 Å². The van der Waals surface area contributed by atoms with Gasteiger partial charge in [-0.05, 0) is 86.1 Å². The first kappa shape index (κ1) is 19.0. The van der Waals surface area contributed by atoms with Crippen LogP contribution in [0.15, 0.2) is 60.7 Å². The zero-order chi connectivity index (χ0) is 19.3. The highest BCUT2D eigenvalue weighted by atomic mass is 35.5. The second kappa shape index (κ2) is 8.78. The number of rotatable bonds is 5. The summed E-state index contributed by atoms with van der Waals surface area (Å²) in [7, 11) is 0. The largest absolute Gasteiger partial charge is 0.490 e. The second-order valence-electron chi connectivity index (χ2n) is 6.72. The van der Waals surface area contributed by atoms with E-state index in [-0.39, 0.29) is 12.0 Å². The van der Waals surface area contributed by atoms with E-state index in [1.165, 1.54) is 11.3 Å². The topological polar surface area (TPSA) is 50.4 Å². The number of amides is 1. The number of thiophene rings is 1. The predicted octanol–water partition coefficient (Wildman–Crippen LogP) is 5.45. The van der Waals surface area contributed by atoms with E-state index in [0.717, 1.165) is 42.1 Å². The van der Waals surface area contributed by atoms with Crippen molar-refractivity contribution in [3.63, 3.8) is 0 Å². The third kappa shape index (κ3) is 4.73. The van der Waals surface area contributed by atoms with Crippen LogP contribution < -0.4 is 15.4 Å². The number of benzene rings is 2. The molecule has 1 aliphatic heterocycles. The van der Waals surface area contributed by atoms with Gasteiger partial charge >= 0.3 is 0 Å². The molecule has 4 nitrogen and oxygen atoms in total. The lowest BCUT2D eigenvalue weighted by Crippen LogP contribution is -2.34. The van der Waals surface area contributed by atoms with Crippen LogP contribution in [0.25, 0.3) is 10.4 Å². The maximum Gasteiger partial charge on any atom is 0.265 e. The molecular weight excluding hydrogens is 392 g/mol. The molecule has 1 aliphatic rings. The van der Waals surface area contributed by atoms with Gasteiger partial charge in [-0.2, -0.15) is 0 Å². The Balaban J connectivity index is 1.41. The average Bonchev–Trinajstić information content (AvgIpc) is 3.20. The minimum atomic E-state index is -0.135. The van der Waals surface area contributed by atoms with Crippen molar-refractivity contribution in [3.05, 3.63) is 70.6 Å². The summed E-state index contributed by atoms with van der Waals surface area (Å²) in [4.78, 5) is 14.2. The fraction of sp³-hybridized carbons (Fsp3) is 0.227. The van der Waals surface area contributed by atoms with Crippen LogP contribution in [0.2, 0.25) is 5.02 Å². The Bertz CT molecular complexity index is 949. The number of nitrogens with one attached hydrogen (secondary N) is 2. The Morgan fingerprint density at radius 2 is 1.86 bits per heavy atom. The van der Waals surface area contributed by atoms with Crippen LogP contribution in [0.5, 0.6) is 5.75 Å². The molecule has 1 aromatic heterocycles. The minimum absolute atomic E-state index is 0.135. The standard InChI is InChI=1S/C22H21ClN2O2S/c23-16-2-1-3-17(14-16)25-22(26)21-9-8-20(28-21)15-4-6-18(7-5-15)27-19-10-12-24-13-11-19/h1-9,14,19,24H,10-13H2,(H,25,26). The highest BCUT2D eigenvalue weighted by Gasteiger charge is 2.15. The summed E-state index contributed by atoms with van der Waals surface area (Å²) in [5, 5.41) is 6.82. The molecule has 0 atom stereocenters. The van der Waals surface area contributed by atoms with Crippen molar-refractivity contribution in [3.8, 4) is 16.2 Å². The number of carbonyl (C=O) groups is 1. The van der Waals surface area contributed by atoms with Crippen LogP contribution in [-0.4, -0.2) is 25.1 Å². The van der Waals surface area contributed by atoms with Crippen LogP contribution in [0.3, 0.4) is 0 Å². The molecule has 2 N–H and O–H groups in total. The van der Waals surface area contributed by atoms with Crippen molar-refractivity contribution in [2.45, 2.75) is 18.9 Å². The Hall–Kier alpha value is -2.34. The first-order chi connectivity index (χ1) is 13.7. The zero-order valence-electron chi connectivity index (χ0n) is 15.3. The monoisotopic (exact) mass is 412 g/mol. The van der Waals surface area contributed by atoms with E-state index in [0.29, 0.717) is 15.6 Å². The molecule has 0 unspecified atom stereocenters. The smallest absolute Gasteiger partial charge is 0.265 e. The molecule has 0 saturated carbocycles. The van der Waals surface area contributed by atoms with Crippen LogP contribution in [-0.2, 0) is 0 Å². The van der Waals surface area contributed by atoms with Crippen LogP contribution >= 0.6 is 22.9 Å². The third-order valence-electron chi connectivity index (χ3n) is 4.64. The average molecular weight is 413 g/mol. The fourth-order valence-corrected chi connectivity index (χ4v) is 4.27. The lowest BCUT2D eigenvalue weighted by Gasteiger charge is -2.23. The summed E-state index contributed by atoms with van der Waals surface area (Å²) >= 11 is 7.44. The van der Waals surface area contributed by atoms with Gasteiger partial charge in [0.15, 0.2) is 0 Å². The van der Waals surface area contributed by atoms with E-state index in [9.17, 15) is 4.79 Å². The first-order valence-corrected chi connectivity index (χ1v) is 10.5. The van der Waals surface area contributed by atoms with Crippen LogP contribution in [0.4, 0.5) is 5.69 Å². The van der Waals surface area contributed by atoms with Gasteiger partial charge in [0.05, 0.1) is 4.88 Å². The number of ether oxygens (including phenoxy) is 1. The van der Waals surface area contributed by atoms with Crippen molar-refractivity contribution in [1.29, 1.82) is 0 Å². The van der Waals surface area contributed by atoms with Crippen molar-refractivity contribution < 1.29 is 9.53 Å². The fourth-order valence-electron chi connectivity index (χ4n) is 3.18. The minimum Gasteiger partial charge on any atom is -0.490 e. The van der Waals surface area contributed by atoms with Crippen molar-refractivity contribution >= 4 is 34.5 Å². The lowest BCUT2D eigenvalue weighted by atomic mass is 10.1. The maximum atomic E-state index is 12.5. The van der Waals surface area contributed by atoms with E-state index in [4.69, 9.17) is 16.3 Å². The van der Waals surface area contributed by atoms with Crippen molar-refractivity contribution in [2.24, 2.45) is 0 Å². The molecule has 1 saturated heterocycles. The van der Waals surface area contributed by atoms with Gasteiger partial charge in [-0.25, -0.2) is 0 Å². The quantitative estimate of drug-likeness (QED) is 0.585. The number of anilines is 1. The summed E-state index contributed by atoms with van der Waals surface area (Å²) in [5.74, 6) is 0.760. The summed E-state index contributed by atoms with van der Waals surface area (Å²) in [6.45, 7) is 2.02. The number of carbonyl (C=O) groups excluding carboxylic acids is 1. The predicted molar refractivity (Wildman–Crippen MR) is 116 cm³/mol. The van der Waals surface area contributed by atoms with Crippen LogP contribution in [0.1, 0.15) is 22.5 Å². The molecule has 0 aliphatic carbocycles. The van der Waals surface area contributed by atoms with E-state index in [2.05, 4.69) is 10.6 Å². The number of piperidine rings is 1. The van der Waals surface area contributed by atoms with Gasteiger partial charge in [-0.1, -0.05) is 17.7 Å². The molecule has 0 spiro atoms. The van der Waals surface area contributed by atoms with E-state index in [1.54, 1.807) is 12.1 Å². The third-order valence-corrected chi connectivity index (χ3v) is 6.01. The molecule has 2 heterocycles. The van der Waals surface area contributed by atoms with E-state index < -0.39 is 0 Å². The molecule has 0 bridgehead atoms. The summed E-state index contributed by atoms with van der Waals surface area (Å²) in [6.07, 6.45) is 2.37. The molecule has 1 fully saturated rings. The maximum absolute atomic E-state index is 12.5. The van der Waals surface area contributed by atoms with Gasteiger partial charge in [-0.3, -0.25) is 4.79 Å². The molecule has 28 heavy (non-hydrogen) atoms. The van der Waals surface area contributed by atoms with Crippen molar-refractivity contribution in [1.82, 2.24) is 5.32 Å². The normalized spacial score (nSPS) is 14.6. The molecular formula is C22H21ClN2O2S. The Morgan fingerprint density at radius 3 is 2.61 bits per heavy atom. The summed E-state index contributed by atoms with van der Waals surface area (Å²) in [6, 6.07) is 19.0. The van der Waals surface area contributed by atoms with Crippen molar-refractivity contribution in [2.75, 3.05) is 18.4 Å². The van der Waals surface area contributed by atoms with Crippen LogP contribution in [0, 0.1) is 0 Å². The zero-order valence-corrected chi connectivity index (χ0v) is 16.9. The van der Waals surface area contributed by atoms with Gasteiger partial charge in [-0.15, -0.1) is 11.3 Å². The molecule has 144 valence electrons.